The number of hydrogen-bond acceptors (Lipinski definition) is 14. The van der Waals surface area contributed by atoms with E-state index in [2.05, 4.69) is 0 Å². The summed E-state index contributed by atoms with van der Waals surface area (Å²) >= 11 is 0. The molecular formula is C27H46O14. The summed E-state index contributed by atoms with van der Waals surface area (Å²) in [5, 5.41) is 91.0. The maximum atomic E-state index is 10.6. The predicted octanol–water partition coefficient (Wildman–Crippen LogP) is -3.13. The van der Waals surface area contributed by atoms with Crippen molar-refractivity contribution in [3.8, 4) is 0 Å². The first-order valence-corrected chi connectivity index (χ1v) is 14.9. The van der Waals surface area contributed by atoms with Crippen LogP contribution in [0.25, 0.3) is 0 Å². The van der Waals surface area contributed by atoms with Crippen molar-refractivity contribution in [2.75, 3.05) is 13.2 Å². The first-order chi connectivity index (χ1) is 19.6. The molecule has 3 aliphatic heterocycles. The molecule has 0 aromatic rings. The molecule has 0 spiro atoms. The van der Waals surface area contributed by atoms with Crippen LogP contribution in [0.15, 0.2) is 0 Å². The molecule has 0 aromatic carbocycles. The SMILES string of the molecule is OCC1OC(OC2CC3OC(C4CCC(O)CC4)CCC3C(OC3OC(CO)C(O)C(O)C3O)C2)C(O)C(O)C1O. The molecule has 41 heavy (non-hydrogen) atoms. The zero-order valence-corrected chi connectivity index (χ0v) is 23.0. The highest BCUT2D eigenvalue weighted by Crippen LogP contribution is 2.44. The van der Waals surface area contributed by atoms with Crippen molar-refractivity contribution in [2.45, 2.75) is 143 Å². The van der Waals surface area contributed by atoms with Crippen molar-refractivity contribution in [2.24, 2.45) is 11.8 Å². The van der Waals surface area contributed by atoms with Gasteiger partial charge in [-0.3, -0.25) is 0 Å². The summed E-state index contributed by atoms with van der Waals surface area (Å²) in [6.07, 6.45) is -10.9. The van der Waals surface area contributed by atoms with Gasteiger partial charge in [-0.05, 0) is 44.4 Å². The van der Waals surface area contributed by atoms with Gasteiger partial charge in [-0.15, -0.1) is 0 Å². The molecule has 3 heterocycles. The molecule has 14 nitrogen and oxygen atoms in total. The summed E-state index contributed by atoms with van der Waals surface area (Å²) in [5.74, 6) is 0.165. The summed E-state index contributed by atoms with van der Waals surface area (Å²) < 4.78 is 30.1. The van der Waals surface area contributed by atoms with Crippen molar-refractivity contribution in [3.63, 3.8) is 0 Å². The van der Waals surface area contributed by atoms with E-state index in [0.29, 0.717) is 12.3 Å². The lowest BCUT2D eigenvalue weighted by Gasteiger charge is -2.50. The Bertz CT molecular complexity index is 824. The minimum Gasteiger partial charge on any atom is -0.394 e. The third-order valence-electron chi connectivity index (χ3n) is 9.68. The maximum absolute atomic E-state index is 10.6. The molecule has 5 fully saturated rings. The number of aliphatic hydroxyl groups excluding tert-OH is 9. The van der Waals surface area contributed by atoms with Crippen LogP contribution in [-0.4, -0.2) is 151 Å². The number of rotatable bonds is 7. The van der Waals surface area contributed by atoms with Crippen LogP contribution in [0.4, 0.5) is 0 Å². The van der Waals surface area contributed by atoms with Gasteiger partial charge in [0.15, 0.2) is 12.6 Å². The summed E-state index contributed by atoms with van der Waals surface area (Å²) in [4.78, 5) is 0. The van der Waals surface area contributed by atoms with Gasteiger partial charge < -0.3 is 69.6 Å². The highest BCUT2D eigenvalue weighted by atomic mass is 16.7. The number of hydrogen-bond donors (Lipinski definition) is 9. The second-order valence-corrected chi connectivity index (χ2v) is 12.3. The minimum absolute atomic E-state index is 0.0253. The molecule has 0 radical (unpaired) electrons. The Morgan fingerprint density at radius 3 is 1.66 bits per heavy atom. The zero-order valence-electron chi connectivity index (χ0n) is 23.0. The van der Waals surface area contributed by atoms with E-state index in [-0.39, 0.29) is 30.7 Å². The number of fused-ring (bicyclic) bond motifs is 1. The van der Waals surface area contributed by atoms with Gasteiger partial charge in [-0.1, -0.05) is 0 Å². The van der Waals surface area contributed by atoms with Crippen molar-refractivity contribution < 1.29 is 69.6 Å². The van der Waals surface area contributed by atoms with E-state index in [4.69, 9.17) is 23.7 Å². The van der Waals surface area contributed by atoms with Gasteiger partial charge in [0.25, 0.3) is 0 Å². The highest BCUT2D eigenvalue weighted by Gasteiger charge is 2.51. The lowest BCUT2D eigenvalue weighted by atomic mass is 9.74. The lowest BCUT2D eigenvalue weighted by Crippen LogP contribution is -2.62. The van der Waals surface area contributed by atoms with Gasteiger partial charge in [0.1, 0.15) is 48.8 Å². The molecule has 15 unspecified atom stereocenters. The van der Waals surface area contributed by atoms with Gasteiger partial charge in [0, 0.05) is 18.8 Å². The Hall–Kier alpha value is -0.560. The fraction of sp³-hybridized carbons (Fsp3) is 1.00. The molecule has 9 N–H and O–H groups in total. The largest absolute Gasteiger partial charge is 0.394 e. The van der Waals surface area contributed by atoms with Crippen LogP contribution in [0.1, 0.15) is 51.4 Å². The van der Waals surface area contributed by atoms with Crippen molar-refractivity contribution in [1.82, 2.24) is 0 Å². The summed E-state index contributed by atoms with van der Waals surface area (Å²) in [7, 11) is 0. The Morgan fingerprint density at radius 2 is 1.10 bits per heavy atom. The molecule has 2 aliphatic carbocycles. The Labute approximate surface area is 238 Å². The smallest absolute Gasteiger partial charge is 0.186 e. The molecule has 0 bridgehead atoms. The maximum Gasteiger partial charge on any atom is 0.186 e. The molecule has 14 heteroatoms. The van der Waals surface area contributed by atoms with Gasteiger partial charge in [0.05, 0.1) is 43.7 Å². The second kappa shape index (κ2) is 13.6. The molecule has 0 amide bonds. The summed E-state index contributed by atoms with van der Waals surface area (Å²) in [6, 6.07) is 0. The van der Waals surface area contributed by atoms with E-state index >= 15 is 0 Å². The van der Waals surface area contributed by atoms with Gasteiger partial charge in [-0.25, -0.2) is 0 Å². The van der Waals surface area contributed by atoms with E-state index in [1.54, 1.807) is 0 Å². The van der Waals surface area contributed by atoms with Gasteiger partial charge >= 0.3 is 0 Å². The molecule has 5 aliphatic rings. The molecule has 0 aromatic heterocycles. The average Bonchev–Trinajstić information content (AvgIpc) is 2.97. The first-order valence-electron chi connectivity index (χ1n) is 14.9. The zero-order chi connectivity index (χ0) is 29.4. The van der Waals surface area contributed by atoms with Crippen molar-refractivity contribution >= 4 is 0 Å². The van der Waals surface area contributed by atoms with Crippen LogP contribution >= 0.6 is 0 Å². The highest BCUT2D eigenvalue weighted by molar-refractivity contribution is 4.97. The van der Waals surface area contributed by atoms with Gasteiger partial charge in [0.2, 0.25) is 0 Å². The van der Waals surface area contributed by atoms with Crippen LogP contribution in [0, 0.1) is 11.8 Å². The Balaban J connectivity index is 1.32. The first kappa shape index (κ1) is 31.9. The average molecular weight is 595 g/mol. The summed E-state index contributed by atoms with van der Waals surface area (Å²) in [5.41, 5.74) is 0. The molecule has 3 saturated heterocycles. The molecule has 2 saturated carbocycles. The van der Waals surface area contributed by atoms with E-state index in [9.17, 15) is 46.0 Å². The molecule has 15 atom stereocenters. The van der Waals surface area contributed by atoms with Crippen LogP contribution in [-0.2, 0) is 23.7 Å². The third kappa shape index (κ3) is 6.76. The monoisotopic (exact) mass is 594 g/mol. The lowest BCUT2D eigenvalue weighted by molar-refractivity contribution is -0.338. The topological polar surface area (TPSA) is 228 Å². The third-order valence-corrected chi connectivity index (χ3v) is 9.68. The normalized spacial score (nSPS) is 53.0. The quantitative estimate of drug-likeness (QED) is 0.142. The number of ether oxygens (including phenoxy) is 5. The van der Waals surface area contributed by atoms with Crippen LogP contribution in [0.5, 0.6) is 0 Å². The standard InChI is InChI=1S/C27H46O14/c28-9-18-20(31)22(33)24(35)26(40-18)37-13-7-16-14(5-6-15(38-16)11-1-3-12(30)4-2-11)17(8-13)39-27-25(36)23(34)21(32)19(10-29)41-27/h11-36H,1-10H2. The summed E-state index contributed by atoms with van der Waals surface area (Å²) in [6.45, 7) is -1.19. The van der Waals surface area contributed by atoms with E-state index in [1.807, 2.05) is 0 Å². The molecule has 5 rings (SSSR count). The minimum atomic E-state index is -1.60. The van der Waals surface area contributed by atoms with Crippen molar-refractivity contribution in [3.05, 3.63) is 0 Å². The van der Waals surface area contributed by atoms with E-state index < -0.39 is 86.8 Å². The van der Waals surface area contributed by atoms with Crippen LogP contribution < -0.4 is 0 Å². The van der Waals surface area contributed by atoms with Gasteiger partial charge in [-0.2, -0.15) is 0 Å². The Morgan fingerprint density at radius 1 is 0.537 bits per heavy atom. The second-order valence-electron chi connectivity index (χ2n) is 12.3. The molecular weight excluding hydrogens is 548 g/mol. The van der Waals surface area contributed by atoms with Crippen LogP contribution in [0.2, 0.25) is 0 Å². The predicted molar refractivity (Wildman–Crippen MR) is 136 cm³/mol. The number of aliphatic hydroxyl groups is 9. The fourth-order valence-corrected chi connectivity index (χ4v) is 7.19. The van der Waals surface area contributed by atoms with E-state index in [1.165, 1.54) is 0 Å². The van der Waals surface area contributed by atoms with Crippen molar-refractivity contribution in [1.29, 1.82) is 0 Å². The fourth-order valence-electron chi connectivity index (χ4n) is 7.19. The Kier molecular flexibility index (Phi) is 10.6. The molecule has 238 valence electrons. The van der Waals surface area contributed by atoms with Crippen LogP contribution in [0.3, 0.4) is 0 Å². The van der Waals surface area contributed by atoms with E-state index in [0.717, 1.165) is 38.5 Å².